The van der Waals surface area contributed by atoms with E-state index < -0.39 is 22.8 Å². The highest BCUT2D eigenvalue weighted by Crippen LogP contribution is 2.49. The number of fused-ring (bicyclic) bond motifs is 2. The zero-order valence-electron chi connectivity index (χ0n) is 12.9. The third-order valence-electron chi connectivity index (χ3n) is 4.49. The van der Waals surface area contributed by atoms with Gasteiger partial charge in [0, 0.05) is 13.1 Å². The second-order valence-corrected chi connectivity index (χ2v) is 5.96. The predicted octanol–water partition coefficient (Wildman–Crippen LogP) is 0.784. The minimum Gasteiger partial charge on any atom is -0.465 e. The number of ether oxygens (including phenoxy) is 2. The molecule has 2 aliphatic rings. The third kappa shape index (κ3) is 2.35. The normalized spacial score (nSPS) is 32.6. The Morgan fingerprint density at radius 2 is 1.48 bits per heavy atom. The zero-order valence-corrected chi connectivity index (χ0v) is 12.9. The zero-order chi connectivity index (χ0) is 15.7. The Kier molecular flexibility index (Phi) is 4.37. The van der Waals surface area contributed by atoms with Gasteiger partial charge in [-0.1, -0.05) is 6.42 Å². The molecule has 1 saturated heterocycles. The fraction of sp³-hybridized carbons (Fsp3) is 0.800. The van der Waals surface area contributed by atoms with Crippen LogP contribution in [-0.2, 0) is 23.9 Å². The molecule has 2 bridgehead atoms. The van der Waals surface area contributed by atoms with E-state index in [2.05, 4.69) is 0 Å². The number of rotatable bonds is 4. The number of nitrogens with zero attached hydrogens (tertiary/aromatic N) is 1. The van der Waals surface area contributed by atoms with E-state index in [0.717, 1.165) is 0 Å². The number of hydrogen-bond donors (Lipinski definition) is 0. The molecule has 118 valence electrons. The van der Waals surface area contributed by atoms with E-state index >= 15 is 0 Å². The van der Waals surface area contributed by atoms with Crippen LogP contribution in [0.25, 0.3) is 0 Å². The van der Waals surface area contributed by atoms with Gasteiger partial charge in [0.05, 0.1) is 13.2 Å². The van der Waals surface area contributed by atoms with Crippen LogP contribution in [-0.4, -0.2) is 56.0 Å². The summed E-state index contributed by atoms with van der Waals surface area (Å²) in [5, 5.41) is 0. The summed E-state index contributed by atoms with van der Waals surface area (Å²) in [7, 11) is 1.82. The number of Topliss-reactive ketones (excluding diaryl/α,β-unsaturated/α-hetero) is 1. The standard InChI is InChI=1S/C15H23NO5/c1-4-20-12(18)14-7-6-8-15(11(14)17,10-16(3)9-14)13(19)21-5-2/h4-10H2,1-3H3. The average Bonchev–Trinajstić information content (AvgIpc) is 2.41. The van der Waals surface area contributed by atoms with E-state index in [4.69, 9.17) is 9.47 Å². The van der Waals surface area contributed by atoms with Gasteiger partial charge in [-0.3, -0.25) is 14.4 Å². The summed E-state index contributed by atoms with van der Waals surface area (Å²) in [5.74, 6) is -1.32. The van der Waals surface area contributed by atoms with Crippen LogP contribution in [0.1, 0.15) is 33.1 Å². The SMILES string of the molecule is CCOC(=O)C12CCCC(C(=O)OCC)(CN(C)C1)C2=O. The molecule has 0 aromatic carbocycles. The second kappa shape index (κ2) is 5.75. The van der Waals surface area contributed by atoms with Crippen LogP contribution in [0.3, 0.4) is 0 Å². The van der Waals surface area contributed by atoms with Crippen molar-refractivity contribution in [1.82, 2.24) is 4.90 Å². The number of hydrogen-bond acceptors (Lipinski definition) is 6. The fourth-order valence-electron chi connectivity index (χ4n) is 3.71. The number of esters is 2. The lowest BCUT2D eigenvalue weighted by Gasteiger charge is -2.50. The Morgan fingerprint density at radius 3 is 1.86 bits per heavy atom. The van der Waals surface area contributed by atoms with Crippen molar-refractivity contribution in [1.29, 1.82) is 0 Å². The molecule has 2 rings (SSSR count). The van der Waals surface area contributed by atoms with Crippen LogP contribution < -0.4 is 0 Å². The highest BCUT2D eigenvalue weighted by molar-refractivity contribution is 6.16. The lowest BCUT2D eigenvalue weighted by Crippen LogP contribution is -2.67. The number of ketones is 1. The second-order valence-electron chi connectivity index (χ2n) is 5.96. The van der Waals surface area contributed by atoms with Gasteiger partial charge in [0.25, 0.3) is 0 Å². The van der Waals surface area contributed by atoms with Crippen LogP contribution in [0.2, 0.25) is 0 Å². The molecular weight excluding hydrogens is 274 g/mol. The van der Waals surface area contributed by atoms with E-state index in [9.17, 15) is 14.4 Å². The first kappa shape index (κ1) is 15.9. The van der Waals surface area contributed by atoms with Gasteiger partial charge in [0.2, 0.25) is 0 Å². The molecule has 1 saturated carbocycles. The van der Waals surface area contributed by atoms with E-state index in [1.165, 1.54) is 0 Å². The molecule has 0 aromatic rings. The minimum atomic E-state index is -1.21. The van der Waals surface area contributed by atoms with Crippen molar-refractivity contribution in [2.75, 3.05) is 33.4 Å². The molecule has 0 N–H and O–H groups in total. The summed E-state index contributed by atoms with van der Waals surface area (Å²) >= 11 is 0. The number of piperidine rings is 1. The van der Waals surface area contributed by atoms with Crippen molar-refractivity contribution >= 4 is 17.7 Å². The molecule has 6 nitrogen and oxygen atoms in total. The topological polar surface area (TPSA) is 72.9 Å². The Hall–Kier alpha value is -1.43. The number of carbonyl (C=O) groups excluding carboxylic acids is 3. The van der Waals surface area contributed by atoms with Gasteiger partial charge < -0.3 is 14.4 Å². The minimum absolute atomic E-state index is 0.226. The summed E-state index contributed by atoms with van der Waals surface area (Å²) in [4.78, 5) is 39.6. The van der Waals surface area contributed by atoms with Gasteiger partial charge in [-0.25, -0.2) is 0 Å². The maximum absolute atomic E-state index is 13.0. The molecule has 21 heavy (non-hydrogen) atoms. The molecule has 0 radical (unpaired) electrons. The molecule has 2 atom stereocenters. The van der Waals surface area contributed by atoms with E-state index in [-0.39, 0.29) is 19.0 Å². The Labute approximate surface area is 124 Å². The molecule has 0 aromatic heterocycles. The van der Waals surface area contributed by atoms with Crippen LogP contribution >= 0.6 is 0 Å². The fourth-order valence-corrected chi connectivity index (χ4v) is 3.71. The van der Waals surface area contributed by atoms with E-state index in [0.29, 0.717) is 32.4 Å². The Balaban J connectivity index is 2.42. The van der Waals surface area contributed by atoms with Crippen LogP contribution in [0.15, 0.2) is 0 Å². The first-order chi connectivity index (χ1) is 9.93. The quantitative estimate of drug-likeness (QED) is 0.564. The molecule has 1 heterocycles. The highest BCUT2D eigenvalue weighted by atomic mass is 16.5. The van der Waals surface area contributed by atoms with Crippen LogP contribution in [0.5, 0.6) is 0 Å². The van der Waals surface area contributed by atoms with Crippen molar-refractivity contribution in [2.24, 2.45) is 10.8 Å². The third-order valence-corrected chi connectivity index (χ3v) is 4.49. The van der Waals surface area contributed by atoms with Gasteiger partial charge in [0.1, 0.15) is 10.8 Å². The number of likely N-dealkylation sites (tertiary alicyclic amines) is 1. The van der Waals surface area contributed by atoms with Gasteiger partial charge in [0.15, 0.2) is 5.78 Å². The monoisotopic (exact) mass is 297 g/mol. The lowest BCUT2D eigenvalue weighted by atomic mass is 9.58. The first-order valence-corrected chi connectivity index (χ1v) is 7.51. The molecule has 2 fully saturated rings. The van der Waals surface area contributed by atoms with Crippen molar-refractivity contribution in [3.8, 4) is 0 Å². The maximum atomic E-state index is 13.0. The Bertz CT molecular complexity index is 425. The summed E-state index contributed by atoms with van der Waals surface area (Å²) < 4.78 is 10.2. The maximum Gasteiger partial charge on any atom is 0.320 e. The van der Waals surface area contributed by atoms with E-state index in [1.807, 2.05) is 11.9 Å². The lowest BCUT2D eigenvalue weighted by molar-refractivity contribution is -0.184. The van der Waals surface area contributed by atoms with Crippen molar-refractivity contribution in [2.45, 2.75) is 33.1 Å². The molecule has 2 unspecified atom stereocenters. The van der Waals surface area contributed by atoms with Crippen molar-refractivity contribution in [3.63, 3.8) is 0 Å². The smallest absolute Gasteiger partial charge is 0.320 e. The Morgan fingerprint density at radius 1 is 1.05 bits per heavy atom. The van der Waals surface area contributed by atoms with Crippen molar-refractivity contribution < 1.29 is 23.9 Å². The van der Waals surface area contributed by atoms with Gasteiger partial charge in [-0.2, -0.15) is 0 Å². The van der Waals surface area contributed by atoms with E-state index in [1.54, 1.807) is 13.8 Å². The molecule has 6 heteroatoms. The largest absolute Gasteiger partial charge is 0.465 e. The highest BCUT2D eigenvalue weighted by Gasteiger charge is 2.65. The van der Waals surface area contributed by atoms with Gasteiger partial charge in [-0.05, 0) is 33.7 Å². The average molecular weight is 297 g/mol. The summed E-state index contributed by atoms with van der Waals surface area (Å²) in [5.41, 5.74) is -2.43. The molecule has 1 aliphatic heterocycles. The van der Waals surface area contributed by atoms with Gasteiger partial charge >= 0.3 is 11.9 Å². The first-order valence-electron chi connectivity index (χ1n) is 7.51. The van der Waals surface area contributed by atoms with Crippen molar-refractivity contribution in [3.05, 3.63) is 0 Å². The van der Waals surface area contributed by atoms with Gasteiger partial charge in [-0.15, -0.1) is 0 Å². The molecule has 1 aliphatic carbocycles. The summed E-state index contributed by atoms with van der Waals surface area (Å²) in [6.45, 7) is 4.51. The summed E-state index contributed by atoms with van der Waals surface area (Å²) in [6, 6.07) is 0. The molecule has 0 spiro atoms. The van der Waals surface area contributed by atoms with Crippen LogP contribution in [0, 0.1) is 10.8 Å². The summed E-state index contributed by atoms with van der Waals surface area (Å²) in [6.07, 6.45) is 1.53. The predicted molar refractivity (Wildman–Crippen MR) is 74.5 cm³/mol. The molecular formula is C15H23NO5. The van der Waals surface area contributed by atoms with Crippen LogP contribution in [0.4, 0.5) is 0 Å². The number of carbonyl (C=O) groups is 3. The molecule has 0 amide bonds.